The Balaban J connectivity index is 2.28. The Labute approximate surface area is 76.1 Å². The van der Waals surface area contributed by atoms with Crippen LogP contribution in [0, 0.1) is 0 Å². The summed E-state index contributed by atoms with van der Waals surface area (Å²) in [7, 11) is 0. The summed E-state index contributed by atoms with van der Waals surface area (Å²) in [6.07, 6.45) is 2.03. The van der Waals surface area contributed by atoms with E-state index in [9.17, 15) is 4.79 Å². The van der Waals surface area contributed by atoms with Crippen LogP contribution < -0.4 is 5.32 Å². The number of alkyl halides is 1. The molecule has 2 atom stereocenters. The third-order valence-electron chi connectivity index (χ3n) is 1.78. The van der Waals surface area contributed by atoms with Gasteiger partial charge < -0.3 is 5.32 Å². The summed E-state index contributed by atoms with van der Waals surface area (Å²) < 4.78 is 0. The lowest BCUT2D eigenvalue weighted by Crippen LogP contribution is -2.27. The summed E-state index contributed by atoms with van der Waals surface area (Å²) in [5.41, 5.74) is 0. The topological polar surface area (TPSA) is 29.1 Å². The van der Waals surface area contributed by atoms with Gasteiger partial charge in [0, 0.05) is 17.2 Å². The molecule has 0 aromatic rings. The number of amides is 1. The van der Waals surface area contributed by atoms with Gasteiger partial charge in [-0.1, -0.05) is 11.8 Å². The monoisotopic (exact) mass is 193 g/mol. The summed E-state index contributed by atoms with van der Waals surface area (Å²) in [5, 5.41) is 3.40. The average molecular weight is 194 g/mol. The predicted molar refractivity (Wildman–Crippen MR) is 49.3 cm³/mol. The van der Waals surface area contributed by atoms with Crippen molar-refractivity contribution in [1.82, 2.24) is 5.32 Å². The van der Waals surface area contributed by atoms with Gasteiger partial charge in [0.05, 0.1) is 0 Å². The standard InChI is InChI=1S/C7H12ClNOS/c1-5-6(3-2-4-8)11-7(10)9-5/h5-6H,2-4H2,1H3,(H,9,10). The number of carbonyl (C=O) groups is 1. The number of carbonyl (C=O) groups excluding carboxylic acids is 1. The van der Waals surface area contributed by atoms with Crippen LogP contribution in [0.5, 0.6) is 0 Å². The van der Waals surface area contributed by atoms with Gasteiger partial charge >= 0.3 is 0 Å². The molecule has 0 aromatic heterocycles. The van der Waals surface area contributed by atoms with Crippen molar-refractivity contribution < 1.29 is 4.79 Å². The molecule has 2 nitrogen and oxygen atoms in total. The highest BCUT2D eigenvalue weighted by atomic mass is 35.5. The minimum atomic E-state index is 0.108. The first kappa shape index (κ1) is 9.20. The molecule has 0 aromatic carbocycles. The van der Waals surface area contributed by atoms with Crippen molar-refractivity contribution in [2.45, 2.75) is 31.1 Å². The summed E-state index contributed by atoms with van der Waals surface area (Å²) in [4.78, 5) is 10.8. The Hall–Kier alpha value is 0.110. The van der Waals surface area contributed by atoms with E-state index < -0.39 is 0 Å². The van der Waals surface area contributed by atoms with Gasteiger partial charge in [0.15, 0.2) is 0 Å². The first-order valence-corrected chi connectivity index (χ1v) is 5.18. The Morgan fingerprint density at radius 1 is 1.73 bits per heavy atom. The number of thioether (sulfide) groups is 1. The zero-order chi connectivity index (χ0) is 8.27. The normalized spacial score (nSPS) is 30.5. The average Bonchev–Trinajstić information content (AvgIpc) is 2.26. The largest absolute Gasteiger partial charge is 0.343 e. The van der Waals surface area contributed by atoms with Crippen molar-refractivity contribution in [3.05, 3.63) is 0 Å². The van der Waals surface area contributed by atoms with Crippen LogP contribution >= 0.6 is 23.4 Å². The maximum atomic E-state index is 10.8. The first-order chi connectivity index (χ1) is 5.24. The van der Waals surface area contributed by atoms with E-state index in [2.05, 4.69) is 5.32 Å². The Bertz CT molecular complexity index is 153. The van der Waals surface area contributed by atoms with Crippen molar-refractivity contribution in [3.8, 4) is 0 Å². The zero-order valence-corrected chi connectivity index (χ0v) is 8.04. The molecule has 0 radical (unpaired) electrons. The van der Waals surface area contributed by atoms with Crippen LogP contribution in [0.1, 0.15) is 19.8 Å². The van der Waals surface area contributed by atoms with Crippen molar-refractivity contribution in [2.75, 3.05) is 5.88 Å². The van der Waals surface area contributed by atoms with Crippen LogP contribution in [-0.4, -0.2) is 22.4 Å². The molecule has 1 amide bonds. The highest BCUT2D eigenvalue weighted by molar-refractivity contribution is 8.14. The van der Waals surface area contributed by atoms with E-state index in [0.717, 1.165) is 12.8 Å². The second-order valence-electron chi connectivity index (χ2n) is 2.71. The molecule has 0 saturated carbocycles. The maximum Gasteiger partial charge on any atom is 0.279 e. The van der Waals surface area contributed by atoms with Crippen molar-refractivity contribution >= 4 is 28.6 Å². The molecular formula is C7H12ClNOS. The van der Waals surface area contributed by atoms with Gasteiger partial charge in [0.1, 0.15) is 0 Å². The van der Waals surface area contributed by atoms with Gasteiger partial charge in [-0.2, -0.15) is 0 Å². The first-order valence-electron chi connectivity index (χ1n) is 3.77. The van der Waals surface area contributed by atoms with Gasteiger partial charge in [-0.3, -0.25) is 4.79 Å². The van der Waals surface area contributed by atoms with Crippen LogP contribution in [-0.2, 0) is 0 Å². The Morgan fingerprint density at radius 2 is 2.45 bits per heavy atom. The van der Waals surface area contributed by atoms with Gasteiger partial charge in [-0.05, 0) is 19.8 Å². The number of halogens is 1. The predicted octanol–water partition coefficient (Wildman–Crippen LogP) is 2.22. The van der Waals surface area contributed by atoms with Crippen LogP contribution in [0.15, 0.2) is 0 Å². The summed E-state index contributed by atoms with van der Waals surface area (Å²) in [6.45, 7) is 2.04. The lowest BCUT2D eigenvalue weighted by Gasteiger charge is -2.10. The van der Waals surface area contributed by atoms with Crippen LogP contribution in [0.4, 0.5) is 4.79 Å². The molecule has 2 unspecified atom stereocenters. The summed E-state index contributed by atoms with van der Waals surface area (Å²) in [6, 6.07) is 0.315. The molecule has 1 aliphatic rings. The van der Waals surface area contributed by atoms with E-state index in [0.29, 0.717) is 17.2 Å². The number of hydrogen-bond donors (Lipinski definition) is 1. The molecule has 1 N–H and O–H groups in total. The molecule has 4 heteroatoms. The SMILES string of the molecule is CC1NC(=O)SC1CCCCl. The molecule has 0 spiro atoms. The van der Waals surface area contributed by atoms with E-state index in [4.69, 9.17) is 11.6 Å². The van der Waals surface area contributed by atoms with Crippen LogP contribution in [0.2, 0.25) is 0 Å². The minimum Gasteiger partial charge on any atom is -0.343 e. The van der Waals surface area contributed by atoms with Gasteiger partial charge in [-0.25, -0.2) is 0 Å². The molecular weight excluding hydrogens is 182 g/mol. The third-order valence-corrected chi connectivity index (χ3v) is 3.33. The van der Waals surface area contributed by atoms with Crippen LogP contribution in [0.25, 0.3) is 0 Å². The highest BCUT2D eigenvalue weighted by Crippen LogP contribution is 2.26. The smallest absolute Gasteiger partial charge is 0.279 e. The molecule has 1 saturated heterocycles. The van der Waals surface area contributed by atoms with Crippen molar-refractivity contribution in [1.29, 1.82) is 0 Å². The summed E-state index contributed by atoms with van der Waals surface area (Å²) >= 11 is 6.95. The molecule has 0 bridgehead atoms. The van der Waals surface area contributed by atoms with Gasteiger partial charge in [0.2, 0.25) is 0 Å². The minimum absolute atomic E-state index is 0.108. The molecule has 64 valence electrons. The second kappa shape index (κ2) is 4.21. The van der Waals surface area contributed by atoms with Crippen molar-refractivity contribution in [2.24, 2.45) is 0 Å². The fraction of sp³-hybridized carbons (Fsp3) is 0.857. The number of nitrogens with one attached hydrogen (secondary N) is 1. The van der Waals surface area contributed by atoms with Crippen molar-refractivity contribution in [3.63, 3.8) is 0 Å². The fourth-order valence-electron chi connectivity index (χ4n) is 1.14. The molecule has 11 heavy (non-hydrogen) atoms. The summed E-state index contributed by atoms with van der Waals surface area (Å²) in [5.74, 6) is 0.692. The number of hydrogen-bond acceptors (Lipinski definition) is 2. The zero-order valence-electron chi connectivity index (χ0n) is 6.47. The lowest BCUT2D eigenvalue weighted by atomic mass is 10.1. The molecule has 0 aliphatic carbocycles. The van der Waals surface area contributed by atoms with Gasteiger partial charge in [-0.15, -0.1) is 11.6 Å². The van der Waals surface area contributed by atoms with E-state index in [1.807, 2.05) is 6.92 Å². The Morgan fingerprint density at radius 3 is 2.91 bits per heavy atom. The van der Waals surface area contributed by atoms with E-state index in [1.54, 1.807) is 0 Å². The molecule has 1 aliphatic heterocycles. The van der Waals surface area contributed by atoms with E-state index >= 15 is 0 Å². The van der Waals surface area contributed by atoms with E-state index in [1.165, 1.54) is 11.8 Å². The van der Waals surface area contributed by atoms with Crippen LogP contribution in [0.3, 0.4) is 0 Å². The second-order valence-corrected chi connectivity index (χ2v) is 4.30. The molecule has 1 heterocycles. The Kier molecular flexibility index (Phi) is 3.52. The quantitative estimate of drug-likeness (QED) is 0.697. The van der Waals surface area contributed by atoms with E-state index in [-0.39, 0.29) is 5.24 Å². The lowest BCUT2D eigenvalue weighted by molar-refractivity contribution is 0.260. The maximum absolute atomic E-state index is 10.8. The van der Waals surface area contributed by atoms with Gasteiger partial charge in [0.25, 0.3) is 5.24 Å². The molecule has 1 fully saturated rings. The third kappa shape index (κ3) is 2.56. The highest BCUT2D eigenvalue weighted by Gasteiger charge is 2.28. The fourth-order valence-corrected chi connectivity index (χ4v) is 2.38. The molecule has 1 rings (SSSR count). The number of rotatable bonds is 3.